The van der Waals surface area contributed by atoms with Crippen molar-refractivity contribution in [1.82, 2.24) is 14.8 Å². The highest BCUT2D eigenvalue weighted by Gasteiger charge is 2.14. The molecule has 1 atom stereocenters. The number of hydrogen-bond acceptors (Lipinski definition) is 4. The van der Waals surface area contributed by atoms with Crippen molar-refractivity contribution in [2.45, 2.75) is 13.0 Å². The van der Waals surface area contributed by atoms with Crippen LogP contribution in [-0.2, 0) is 0 Å². The van der Waals surface area contributed by atoms with E-state index in [0.717, 1.165) is 5.56 Å². The van der Waals surface area contributed by atoms with Gasteiger partial charge in [-0.1, -0.05) is 23.7 Å². The minimum absolute atomic E-state index is 0.132. The average Bonchev–Trinajstić information content (AvgIpc) is 3.03. The lowest BCUT2D eigenvalue weighted by Gasteiger charge is -2.16. The molecule has 0 saturated heterocycles. The molecular formula is C17H14ClN3O3. The molecule has 0 fully saturated rings. The quantitative estimate of drug-likeness (QED) is 0.763. The maximum atomic E-state index is 11.1. The van der Waals surface area contributed by atoms with Crippen LogP contribution in [0.3, 0.4) is 0 Å². The molecule has 2 aromatic heterocycles. The van der Waals surface area contributed by atoms with E-state index in [1.807, 2.05) is 19.1 Å². The molecule has 3 aromatic rings. The Kier molecular flexibility index (Phi) is 4.48. The van der Waals surface area contributed by atoms with Crippen molar-refractivity contribution in [3.8, 4) is 11.7 Å². The van der Waals surface area contributed by atoms with Gasteiger partial charge < -0.3 is 9.84 Å². The van der Waals surface area contributed by atoms with Crippen LogP contribution in [0.25, 0.3) is 5.82 Å². The number of pyridine rings is 1. The average molecular weight is 344 g/mol. The Morgan fingerprint density at radius 3 is 2.67 bits per heavy atom. The number of hydrogen-bond donors (Lipinski definition) is 1. The van der Waals surface area contributed by atoms with Gasteiger partial charge in [0.25, 0.3) is 0 Å². The van der Waals surface area contributed by atoms with E-state index in [4.69, 9.17) is 21.4 Å². The Labute approximate surface area is 143 Å². The molecule has 1 aromatic carbocycles. The highest BCUT2D eigenvalue weighted by Crippen LogP contribution is 2.24. The molecule has 0 saturated carbocycles. The summed E-state index contributed by atoms with van der Waals surface area (Å²) >= 11 is 5.89. The second kappa shape index (κ2) is 6.72. The highest BCUT2D eigenvalue weighted by atomic mass is 35.5. The van der Waals surface area contributed by atoms with E-state index in [2.05, 4.69) is 10.1 Å². The van der Waals surface area contributed by atoms with E-state index in [1.54, 1.807) is 24.4 Å². The number of aromatic nitrogens is 3. The number of carbonyl (C=O) groups is 1. The van der Waals surface area contributed by atoms with Crippen molar-refractivity contribution in [2.24, 2.45) is 0 Å². The van der Waals surface area contributed by atoms with Gasteiger partial charge in [-0.2, -0.15) is 9.78 Å². The Bertz CT molecular complexity index is 862. The summed E-state index contributed by atoms with van der Waals surface area (Å²) in [6.45, 7) is 1.90. The van der Waals surface area contributed by atoms with Crippen LogP contribution >= 0.6 is 11.6 Å². The summed E-state index contributed by atoms with van der Waals surface area (Å²) in [6.07, 6.45) is 2.76. The van der Waals surface area contributed by atoms with Crippen molar-refractivity contribution in [3.63, 3.8) is 0 Å². The van der Waals surface area contributed by atoms with E-state index >= 15 is 0 Å². The number of carboxylic acids is 1. The molecule has 7 heteroatoms. The number of halogens is 1. The smallest absolute Gasteiger partial charge is 0.335 e. The molecule has 122 valence electrons. The number of benzene rings is 1. The number of aromatic carboxylic acids is 1. The monoisotopic (exact) mass is 343 g/mol. The van der Waals surface area contributed by atoms with Crippen LogP contribution in [0.4, 0.5) is 0 Å². The third-order valence-corrected chi connectivity index (χ3v) is 3.71. The molecule has 1 N–H and O–H groups in total. The van der Waals surface area contributed by atoms with Crippen LogP contribution in [-0.4, -0.2) is 25.8 Å². The molecule has 2 heterocycles. The summed E-state index contributed by atoms with van der Waals surface area (Å²) < 4.78 is 7.39. The maximum absolute atomic E-state index is 11.1. The van der Waals surface area contributed by atoms with Gasteiger partial charge in [0, 0.05) is 17.3 Å². The van der Waals surface area contributed by atoms with Crippen LogP contribution in [0.15, 0.2) is 54.9 Å². The first-order chi connectivity index (χ1) is 11.5. The molecule has 0 aliphatic rings. The summed E-state index contributed by atoms with van der Waals surface area (Å²) in [7, 11) is 0. The SMILES string of the molecule is C[C@H](Oc1ccnn1-c1cc(C(=O)O)ccn1)c1ccc(Cl)cc1. The number of nitrogens with zero attached hydrogens (tertiary/aromatic N) is 3. The van der Waals surface area contributed by atoms with Gasteiger partial charge in [-0.15, -0.1) is 0 Å². The first-order valence-electron chi connectivity index (χ1n) is 7.20. The third kappa shape index (κ3) is 3.38. The first kappa shape index (κ1) is 16.0. The van der Waals surface area contributed by atoms with Crippen molar-refractivity contribution < 1.29 is 14.6 Å². The molecule has 0 spiro atoms. The fourth-order valence-corrected chi connectivity index (χ4v) is 2.33. The fraction of sp³-hybridized carbons (Fsp3) is 0.118. The van der Waals surface area contributed by atoms with E-state index < -0.39 is 5.97 Å². The second-order valence-corrected chi connectivity index (χ2v) is 5.54. The minimum Gasteiger partial charge on any atom is -0.478 e. The third-order valence-electron chi connectivity index (χ3n) is 3.45. The van der Waals surface area contributed by atoms with Gasteiger partial charge in [-0.3, -0.25) is 0 Å². The molecule has 0 amide bonds. The van der Waals surface area contributed by atoms with Gasteiger partial charge in [0.15, 0.2) is 5.82 Å². The fourth-order valence-electron chi connectivity index (χ4n) is 2.20. The lowest BCUT2D eigenvalue weighted by molar-refractivity contribution is 0.0696. The van der Waals surface area contributed by atoms with E-state index in [-0.39, 0.29) is 11.7 Å². The Balaban J connectivity index is 1.86. The molecule has 0 aliphatic carbocycles. The predicted octanol–water partition coefficient (Wildman–Crippen LogP) is 3.76. The van der Waals surface area contributed by atoms with E-state index in [9.17, 15) is 4.79 Å². The molecule has 0 bridgehead atoms. The van der Waals surface area contributed by atoms with Crippen molar-refractivity contribution in [2.75, 3.05) is 0 Å². The first-order valence-corrected chi connectivity index (χ1v) is 7.58. The molecular weight excluding hydrogens is 330 g/mol. The van der Waals surface area contributed by atoms with Crippen LogP contribution in [0.5, 0.6) is 5.88 Å². The van der Waals surface area contributed by atoms with Crippen LogP contribution in [0.2, 0.25) is 5.02 Å². The Morgan fingerprint density at radius 1 is 1.21 bits per heavy atom. The number of rotatable bonds is 5. The molecule has 24 heavy (non-hydrogen) atoms. The standard InChI is InChI=1S/C17H14ClN3O3/c1-11(12-2-4-14(18)5-3-12)24-16-7-9-20-21(16)15-10-13(17(22)23)6-8-19-15/h2-11H,1H3,(H,22,23)/t11-/m0/s1. The molecule has 0 aliphatic heterocycles. The van der Waals surface area contributed by atoms with Crippen molar-refractivity contribution in [3.05, 3.63) is 71.0 Å². The van der Waals surface area contributed by atoms with E-state index in [0.29, 0.717) is 16.7 Å². The van der Waals surface area contributed by atoms with Gasteiger partial charge in [0.1, 0.15) is 6.10 Å². The molecule has 6 nitrogen and oxygen atoms in total. The zero-order chi connectivity index (χ0) is 17.1. The van der Waals surface area contributed by atoms with Crippen molar-refractivity contribution in [1.29, 1.82) is 0 Å². The minimum atomic E-state index is -1.03. The lowest BCUT2D eigenvalue weighted by atomic mass is 10.1. The largest absolute Gasteiger partial charge is 0.478 e. The van der Waals surface area contributed by atoms with Gasteiger partial charge in [0.2, 0.25) is 5.88 Å². The van der Waals surface area contributed by atoms with Crippen molar-refractivity contribution >= 4 is 17.6 Å². The van der Waals surface area contributed by atoms with E-state index in [1.165, 1.54) is 23.0 Å². The zero-order valence-electron chi connectivity index (χ0n) is 12.8. The zero-order valence-corrected chi connectivity index (χ0v) is 13.5. The van der Waals surface area contributed by atoms with Gasteiger partial charge >= 0.3 is 5.97 Å². The van der Waals surface area contributed by atoms with Crippen LogP contribution < -0.4 is 4.74 Å². The number of ether oxygens (including phenoxy) is 1. The molecule has 3 rings (SSSR count). The topological polar surface area (TPSA) is 77.2 Å². The molecule has 0 unspecified atom stereocenters. The summed E-state index contributed by atoms with van der Waals surface area (Å²) in [5, 5.41) is 13.9. The maximum Gasteiger partial charge on any atom is 0.335 e. The Morgan fingerprint density at radius 2 is 1.96 bits per heavy atom. The van der Waals surface area contributed by atoms with Gasteiger partial charge in [-0.25, -0.2) is 9.78 Å². The predicted molar refractivity (Wildman–Crippen MR) is 88.8 cm³/mol. The molecule has 0 radical (unpaired) electrons. The summed E-state index contributed by atoms with van der Waals surface area (Å²) in [4.78, 5) is 15.3. The highest BCUT2D eigenvalue weighted by molar-refractivity contribution is 6.30. The van der Waals surface area contributed by atoms with Crippen LogP contribution in [0, 0.1) is 0 Å². The normalized spacial score (nSPS) is 11.9. The Hall–Kier alpha value is -2.86. The lowest BCUT2D eigenvalue weighted by Crippen LogP contribution is -2.09. The summed E-state index contributed by atoms with van der Waals surface area (Å²) in [6, 6.07) is 11.9. The second-order valence-electron chi connectivity index (χ2n) is 5.10. The van der Waals surface area contributed by atoms with Gasteiger partial charge in [-0.05, 0) is 36.8 Å². The summed E-state index contributed by atoms with van der Waals surface area (Å²) in [5.41, 5.74) is 1.09. The number of carboxylic acid groups (broad SMARTS) is 1. The van der Waals surface area contributed by atoms with Crippen LogP contribution in [0.1, 0.15) is 28.9 Å². The summed E-state index contributed by atoms with van der Waals surface area (Å²) in [5.74, 6) is -0.187. The van der Waals surface area contributed by atoms with Gasteiger partial charge in [0.05, 0.1) is 11.8 Å².